The van der Waals surface area contributed by atoms with Gasteiger partial charge in [0.25, 0.3) is 0 Å². The summed E-state index contributed by atoms with van der Waals surface area (Å²) >= 11 is 12.2. The molecule has 2 aromatic carbocycles. The molecule has 0 aliphatic carbocycles. The molecule has 2 heterocycles. The van der Waals surface area contributed by atoms with Gasteiger partial charge in [-0.1, -0.05) is 23.2 Å². The first-order chi connectivity index (χ1) is 13.4. The summed E-state index contributed by atoms with van der Waals surface area (Å²) in [5.74, 6) is -1.08. The van der Waals surface area contributed by atoms with Gasteiger partial charge in [0, 0.05) is 53.8 Å². The van der Waals surface area contributed by atoms with Crippen molar-refractivity contribution in [3.05, 3.63) is 63.3 Å². The number of carbonyl (C=O) groups is 1. The third kappa shape index (κ3) is 3.83. The number of fused-ring (bicyclic) bond motifs is 1. The lowest BCUT2D eigenvalue weighted by Crippen LogP contribution is -2.46. The summed E-state index contributed by atoms with van der Waals surface area (Å²) in [6.45, 7) is 6.46. The summed E-state index contributed by atoms with van der Waals surface area (Å²) in [4.78, 5) is 15.9. The summed E-state index contributed by atoms with van der Waals surface area (Å²) in [5.41, 5.74) is 3.89. The number of anilines is 1. The number of hydrogen-bond donors (Lipinski definition) is 1. The Labute approximate surface area is 173 Å². The lowest BCUT2D eigenvalue weighted by molar-refractivity contribution is 0.0665. The largest absolute Gasteiger partial charge is 0.475 e. The molecule has 146 valence electrons. The zero-order valence-corrected chi connectivity index (χ0v) is 16.9. The lowest BCUT2D eigenvalue weighted by Gasteiger charge is -2.37. The van der Waals surface area contributed by atoms with Crippen molar-refractivity contribution in [3.8, 4) is 0 Å². The Morgan fingerprint density at radius 1 is 1.07 bits per heavy atom. The minimum Gasteiger partial charge on any atom is -0.475 e. The molecule has 5 nitrogen and oxygen atoms in total. The fourth-order valence-electron chi connectivity index (χ4n) is 3.79. The van der Waals surface area contributed by atoms with Gasteiger partial charge in [0.2, 0.25) is 5.76 Å². The summed E-state index contributed by atoms with van der Waals surface area (Å²) < 4.78 is 5.41. The molecule has 0 radical (unpaired) electrons. The number of piperazine rings is 1. The molecule has 0 amide bonds. The van der Waals surface area contributed by atoms with Crippen LogP contribution in [0.25, 0.3) is 11.0 Å². The van der Waals surface area contributed by atoms with Crippen LogP contribution in [0.15, 0.2) is 40.8 Å². The van der Waals surface area contributed by atoms with Crippen molar-refractivity contribution in [2.75, 3.05) is 31.1 Å². The Morgan fingerprint density at radius 2 is 1.75 bits per heavy atom. The number of aryl methyl sites for hydroxylation is 1. The minimum absolute atomic E-state index is 0.0275. The van der Waals surface area contributed by atoms with Crippen molar-refractivity contribution >= 4 is 45.8 Å². The van der Waals surface area contributed by atoms with Crippen LogP contribution in [0.3, 0.4) is 0 Å². The average molecular weight is 419 g/mol. The number of aromatic carboxylic acids is 1. The van der Waals surface area contributed by atoms with Crippen LogP contribution in [0.2, 0.25) is 10.0 Å². The van der Waals surface area contributed by atoms with Crippen LogP contribution in [-0.2, 0) is 6.54 Å². The fraction of sp³-hybridized carbons (Fsp3) is 0.286. The first-order valence-corrected chi connectivity index (χ1v) is 9.85. The van der Waals surface area contributed by atoms with E-state index in [-0.39, 0.29) is 5.76 Å². The number of carboxylic acids is 1. The molecular formula is C21H20Cl2N2O3. The number of furan rings is 1. The highest BCUT2D eigenvalue weighted by molar-refractivity contribution is 6.34. The van der Waals surface area contributed by atoms with E-state index in [2.05, 4.69) is 9.80 Å². The minimum atomic E-state index is -1.05. The fourth-order valence-corrected chi connectivity index (χ4v) is 4.37. The lowest BCUT2D eigenvalue weighted by atomic mass is 10.1. The molecule has 1 fully saturated rings. The highest BCUT2D eigenvalue weighted by Crippen LogP contribution is 2.31. The first kappa shape index (κ1) is 19.1. The topological polar surface area (TPSA) is 56.9 Å². The second kappa shape index (κ2) is 7.66. The number of nitrogens with zero attached hydrogens (tertiary/aromatic N) is 2. The molecule has 1 saturated heterocycles. The van der Waals surface area contributed by atoms with E-state index in [9.17, 15) is 4.79 Å². The maximum absolute atomic E-state index is 11.2. The van der Waals surface area contributed by atoms with Gasteiger partial charge in [0.15, 0.2) is 0 Å². The summed E-state index contributed by atoms with van der Waals surface area (Å²) in [5, 5.41) is 11.3. The van der Waals surface area contributed by atoms with Crippen LogP contribution < -0.4 is 4.90 Å². The molecule has 1 aromatic heterocycles. The van der Waals surface area contributed by atoms with Gasteiger partial charge in [-0.3, -0.25) is 4.90 Å². The van der Waals surface area contributed by atoms with E-state index in [0.29, 0.717) is 15.6 Å². The molecular weight excluding hydrogens is 399 g/mol. The van der Waals surface area contributed by atoms with Crippen molar-refractivity contribution in [3.63, 3.8) is 0 Å². The van der Waals surface area contributed by atoms with Crippen LogP contribution in [0, 0.1) is 6.92 Å². The van der Waals surface area contributed by atoms with E-state index in [4.69, 9.17) is 32.7 Å². The Kier molecular flexibility index (Phi) is 5.23. The van der Waals surface area contributed by atoms with E-state index in [1.165, 1.54) is 0 Å². The Balaban J connectivity index is 1.47. The number of rotatable bonds is 4. The first-order valence-electron chi connectivity index (χ1n) is 9.09. The van der Waals surface area contributed by atoms with E-state index in [1.807, 2.05) is 31.2 Å². The van der Waals surface area contributed by atoms with Crippen molar-refractivity contribution < 1.29 is 14.3 Å². The Morgan fingerprint density at radius 3 is 2.39 bits per heavy atom. The molecule has 0 spiro atoms. The van der Waals surface area contributed by atoms with Gasteiger partial charge in [-0.15, -0.1) is 0 Å². The number of halogens is 2. The maximum Gasteiger partial charge on any atom is 0.371 e. The van der Waals surface area contributed by atoms with E-state index >= 15 is 0 Å². The zero-order chi connectivity index (χ0) is 19.8. The Bertz CT molecular complexity index is 1020. The number of carboxylic acid groups (broad SMARTS) is 1. The molecule has 7 heteroatoms. The molecule has 28 heavy (non-hydrogen) atoms. The summed E-state index contributed by atoms with van der Waals surface area (Å²) in [7, 11) is 0. The van der Waals surface area contributed by atoms with E-state index in [0.717, 1.165) is 54.9 Å². The smallest absolute Gasteiger partial charge is 0.371 e. The predicted octanol–water partition coefficient (Wildman–Crippen LogP) is 5.07. The molecule has 1 aliphatic heterocycles. The average Bonchev–Trinajstić information content (AvgIpc) is 3.08. The van der Waals surface area contributed by atoms with Crippen molar-refractivity contribution in [1.29, 1.82) is 0 Å². The number of hydrogen-bond acceptors (Lipinski definition) is 4. The predicted molar refractivity (Wildman–Crippen MR) is 112 cm³/mol. The van der Waals surface area contributed by atoms with Gasteiger partial charge < -0.3 is 14.4 Å². The van der Waals surface area contributed by atoms with Crippen LogP contribution in [0.4, 0.5) is 5.69 Å². The van der Waals surface area contributed by atoms with Crippen molar-refractivity contribution in [1.82, 2.24) is 4.90 Å². The van der Waals surface area contributed by atoms with E-state index < -0.39 is 5.97 Å². The van der Waals surface area contributed by atoms with Gasteiger partial charge in [0.05, 0.1) is 0 Å². The second-order valence-corrected chi connectivity index (χ2v) is 7.95. The van der Waals surface area contributed by atoms with Crippen LogP contribution >= 0.6 is 23.2 Å². The third-order valence-electron chi connectivity index (χ3n) is 5.19. The molecule has 0 saturated carbocycles. The highest BCUT2D eigenvalue weighted by Gasteiger charge is 2.21. The van der Waals surface area contributed by atoms with Crippen molar-refractivity contribution in [2.24, 2.45) is 0 Å². The number of benzene rings is 2. The Hall–Kier alpha value is -2.21. The van der Waals surface area contributed by atoms with Crippen molar-refractivity contribution in [2.45, 2.75) is 13.5 Å². The quantitative estimate of drug-likeness (QED) is 0.640. The summed E-state index contributed by atoms with van der Waals surface area (Å²) in [6, 6.07) is 11.1. The molecule has 0 unspecified atom stereocenters. The standard InChI is InChI=1S/C21H20Cl2N2O3/c1-13-17-11-20(21(26)27)28-19(17)3-2-18(13)25-6-4-24(5-7-25)12-14-8-15(22)10-16(23)9-14/h2-3,8-11H,4-7,12H2,1H3,(H,26,27). The van der Waals surface area contributed by atoms with Crippen LogP contribution in [-0.4, -0.2) is 42.2 Å². The molecule has 3 aromatic rings. The normalized spacial score (nSPS) is 15.3. The molecule has 4 rings (SSSR count). The van der Waals surface area contributed by atoms with Gasteiger partial charge in [-0.2, -0.15) is 0 Å². The van der Waals surface area contributed by atoms with Gasteiger partial charge >= 0.3 is 5.97 Å². The van der Waals surface area contributed by atoms with Crippen LogP contribution in [0.5, 0.6) is 0 Å². The van der Waals surface area contributed by atoms with Gasteiger partial charge in [-0.05, 0) is 54.4 Å². The van der Waals surface area contributed by atoms with Gasteiger partial charge in [0.1, 0.15) is 5.58 Å². The zero-order valence-electron chi connectivity index (χ0n) is 15.4. The van der Waals surface area contributed by atoms with Gasteiger partial charge in [-0.25, -0.2) is 4.79 Å². The third-order valence-corrected chi connectivity index (χ3v) is 5.63. The molecule has 0 atom stereocenters. The molecule has 1 N–H and O–H groups in total. The van der Waals surface area contributed by atoms with Crippen LogP contribution in [0.1, 0.15) is 21.7 Å². The molecule has 0 bridgehead atoms. The monoisotopic (exact) mass is 418 g/mol. The highest BCUT2D eigenvalue weighted by atomic mass is 35.5. The summed E-state index contributed by atoms with van der Waals surface area (Å²) in [6.07, 6.45) is 0. The molecule has 1 aliphatic rings. The van der Waals surface area contributed by atoms with E-state index in [1.54, 1.807) is 12.1 Å². The SMILES string of the molecule is Cc1c(N2CCN(Cc3cc(Cl)cc(Cl)c3)CC2)ccc2oc(C(=O)O)cc12. The maximum atomic E-state index is 11.2. The second-order valence-electron chi connectivity index (χ2n) is 7.08.